The van der Waals surface area contributed by atoms with Crippen LogP contribution in [-0.2, 0) is 14.8 Å². The van der Waals surface area contributed by atoms with E-state index in [1.807, 2.05) is 36.4 Å². The van der Waals surface area contributed by atoms with Crippen molar-refractivity contribution in [3.8, 4) is 17.2 Å². The number of rotatable bonds is 8. The van der Waals surface area contributed by atoms with Crippen molar-refractivity contribution in [2.75, 3.05) is 18.0 Å². The Morgan fingerprint density at radius 3 is 2.32 bits per heavy atom. The summed E-state index contributed by atoms with van der Waals surface area (Å²) in [6.45, 7) is 0.293. The maximum atomic E-state index is 13.4. The Kier molecular flexibility index (Phi) is 5.95. The molecule has 4 rings (SSSR count). The number of para-hydroxylation sites is 1. The van der Waals surface area contributed by atoms with Gasteiger partial charge < -0.3 is 14.3 Å². The van der Waals surface area contributed by atoms with Crippen LogP contribution >= 0.6 is 0 Å². The quantitative estimate of drug-likeness (QED) is 0.475. The number of ether oxygens (including phenoxy) is 2. The van der Waals surface area contributed by atoms with Crippen LogP contribution in [0.4, 0.5) is 5.69 Å². The second-order valence-electron chi connectivity index (χ2n) is 7.29. The van der Waals surface area contributed by atoms with E-state index < -0.39 is 10.0 Å². The third-order valence-corrected chi connectivity index (χ3v) is 7.15. The number of nitrogens with zero attached hydrogens (tertiary/aromatic N) is 1. The second kappa shape index (κ2) is 8.81. The van der Waals surface area contributed by atoms with E-state index in [4.69, 9.17) is 9.47 Å². The van der Waals surface area contributed by atoms with Crippen molar-refractivity contribution >= 4 is 22.0 Å². The Bertz CT molecular complexity index is 1160. The molecule has 0 N–H and O–H groups in total. The zero-order valence-electron chi connectivity index (χ0n) is 17.1. The van der Waals surface area contributed by atoms with Crippen molar-refractivity contribution in [3.63, 3.8) is 0 Å². The van der Waals surface area contributed by atoms with Crippen LogP contribution < -0.4 is 13.8 Å². The SMILES string of the molecule is COc1ccc2c(c1)C(CCC=O)CN2S(=O)(=O)c1ccc(Oc2ccccc2)cc1. The van der Waals surface area contributed by atoms with Crippen LogP contribution in [0.2, 0.25) is 0 Å². The van der Waals surface area contributed by atoms with E-state index in [2.05, 4.69) is 0 Å². The number of hydrogen-bond acceptors (Lipinski definition) is 5. The zero-order valence-corrected chi connectivity index (χ0v) is 17.9. The number of benzene rings is 3. The molecule has 0 radical (unpaired) electrons. The fraction of sp³-hybridized carbons (Fsp3) is 0.208. The first-order chi connectivity index (χ1) is 15.0. The highest BCUT2D eigenvalue weighted by atomic mass is 32.2. The maximum absolute atomic E-state index is 13.4. The molecule has 1 unspecified atom stereocenters. The monoisotopic (exact) mass is 437 g/mol. The summed E-state index contributed by atoms with van der Waals surface area (Å²) in [6, 6.07) is 21.1. The molecular weight excluding hydrogens is 414 g/mol. The molecule has 0 aliphatic carbocycles. The van der Waals surface area contributed by atoms with Gasteiger partial charge >= 0.3 is 0 Å². The van der Waals surface area contributed by atoms with Crippen molar-refractivity contribution in [1.29, 1.82) is 0 Å². The number of carbonyl (C=O) groups is 1. The molecule has 1 atom stereocenters. The zero-order chi connectivity index (χ0) is 21.8. The van der Waals surface area contributed by atoms with Crippen LogP contribution in [0.1, 0.15) is 24.3 Å². The van der Waals surface area contributed by atoms with E-state index in [1.54, 1.807) is 43.5 Å². The van der Waals surface area contributed by atoms with E-state index in [1.165, 1.54) is 4.31 Å². The lowest BCUT2D eigenvalue weighted by Gasteiger charge is -2.20. The van der Waals surface area contributed by atoms with Gasteiger partial charge in [-0.15, -0.1) is 0 Å². The molecule has 1 heterocycles. The molecule has 0 aromatic heterocycles. The minimum Gasteiger partial charge on any atom is -0.497 e. The number of carbonyl (C=O) groups excluding carboxylic acids is 1. The molecule has 1 aliphatic heterocycles. The Hall–Kier alpha value is -3.32. The summed E-state index contributed by atoms with van der Waals surface area (Å²) in [7, 11) is -2.20. The van der Waals surface area contributed by atoms with Crippen molar-refractivity contribution in [1.82, 2.24) is 0 Å². The van der Waals surface area contributed by atoms with E-state index >= 15 is 0 Å². The summed E-state index contributed by atoms with van der Waals surface area (Å²) < 4.78 is 39.3. The van der Waals surface area contributed by atoms with Crippen LogP contribution in [0.3, 0.4) is 0 Å². The van der Waals surface area contributed by atoms with Crippen molar-refractivity contribution < 1.29 is 22.7 Å². The first kappa shape index (κ1) is 20.9. The first-order valence-electron chi connectivity index (χ1n) is 10.00. The predicted molar refractivity (Wildman–Crippen MR) is 119 cm³/mol. The smallest absolute Gasteiger partial charge is 0.264 e. The van der Waals surface area contributed by atoms with Gasteiger partial charge in [-0.1, -0.05) is 18.2 Å². The molecule has 3 aromatic carbocycles. The molecule has 0 fully saturated rings. The van der Waals surface area contributed by atoms with Gasteiger partial charge in [0.2, 0.25) is 0 Å². The summed E-state index contributed by atoms with van der Waals surface area (Å²) in [4.78, 5) is 11.1. The van der Waals surface area contributed by atoms with Gasteiger partial charge in [0.25, 0.3) is 10.0 Å². The Labute approximate surface area is 182 Å². The highest BCUT2D eigenvalue weighted by Gasteiger charge is 2.36. The Morgan fingerprint density at radius 1 is 0.968 bits per heavy atom. The van der Waals surface area contributed by atoms with Crippen molar-refractivity contribution in [2.45, 2.75) is 23.7 Å². The fourth-order valence-corrected chi connectivity index (χ4v) is 5.32. The predicted octanol–water partition coefficient (Wildman–Crippen LogP) is 4.76. The number of methoxy groups -OCH3 is 1. The number of sulfonamides is 1. The molecule has 0 bridgehead atoms. The van der Waals surface area contributed by atoms with E-state index in [0.717, 1.165) is 11.8 Å². The van der Waals surface area contributed by atoms with Gasteiger partial charge in [0.05, 0.1) is 17.7 Å². The lowest BCUT2D eigenvalue weighted by Crippen LogP contribution is -2.30. The second-order valence-corrected chi connectivity index (χ2v) is 9.15. The topological polar surface area (TPSA) is 72.9 Å². The number of aldehydes is 1. The van der Waals surface area contributed by atoms with Gasteiger partial charge in [0, 0.05) is 18.9 Å². The van der Waals surface area contributed by atoms with Crippen LogP contribution in [0.25, 0.3) is 0 Å². The van der Waals surface area contributed by atoms with Gasteiger partial charge in [-0.2, -0.15) is 0 Å². The highest BCUT2D eigenvalue weighted by molar-refractivity contribution is 7.92. The third kappa shape index (κ3) is 4.27. The number of hydrogen-bond donors (Lipinski definition) is 0. The summed E-state index contributed by atoms with van der Waals surface area (Å²) in [5, 5.41) is 0. The maximum Gasteiger partial charge on any atom is 0.264 e. The van der Waals surface area contributed by atoms with Crippen LogP contribution in [0.15, 0.2) is 77.7 Å². The molecule has 160 valence electrons. The van der Waals surface area contributed by atoms with Crippen molar-refractivity contribution in [2.24, 2.45) is 0 Å². The molecule has 7 heteroatoms. The molecule has 6 nitrogen and oxygen atoms in total. The van der Waals surface area contributed by atoms with Crippen LogP contribution in [0, 0.1) is 0 Å². The number of anilines is 1. The largest absolute Gasteiger partial charge is 0.497 e. The highest BCUT2D eigenvalue weighted by Crippen LogP contribution is 2.43. The Morgan fingerprint density at radius 2 is 1.65 bits per heavy atom. The van der Waals surface area contributed by atoms with Gasteiger partial charge in [-0.25, -0.2) is 8.42 Å². The van der Waals surface area contributed by atoms with Crippen molar-refractivity contribution in [3.05, 3.63) is 78.4 Å². The van der Waals surface area contributed by atoms with E-state index in [0.29, 0.717) is 42.3 Å². The minimum absolute atomic E-state index is 0.0641. The molecule has 0 saturated carbocycles. The average Bonchev–Trinajstić information content (AvgIpc) is 3.17. The fourth-order valence-electron chi connectivity index (χ4n) is 3.79. The standard InChI is InChI=1S/C24H23NO5S/c1-29-21-11-14-24-23(16-21)18(6-5-15-26)17-25(24)31(27,28)22-12-9-20(10-13-22)30-19-7-3-2-4-8-19/h2-4,7-16,18H,5-6,17H2,1H3. The van der Waals surface area contributed by atoms with E-state index in [-0.39, 0.29) is 10.8 Å². The first-order valence-corrected chi connectivity index (χ1v) is 11.4. The molecule has 31 heavy (non-hydrogen) atoms. The minimum atomic E-state index is -3.77. The molecule has 0 saturated heterocycles. The summed E-state index contributed by atoms with van der Waals surface area (Å²) >= 11 is 0. The molecule has 3 aromatic rings. The molecule has 0 amide bonds. The van der Waals surface area contributed by atoms with Gasteiger partial charge in [-0.05, 0) is 66.6 Å². The lowest BCUT2D eigenvalue weighted by molar-refractivity contribution is -0.108. The summed E-state index contributed by atoms with van der Waals surface area (Å²) in [5.74, 6) is 1.83. The summed E-state index contributed by atoms with van der Waals surface area (Å²) in [5.41, 5.74) is 1.51. The Balaban J connectivity index is 1.62. The lowest BCUT2D eigenvalue weighted by atomic mass is 9.96. The molecule has 0 spiro atoms. The van der Waals surface area contributed by atoms with Gasteiger partial charge in [0.1, 0.15) is 23.5 Å². The summed E-state index contributed by atoms with van der Waals surface area (Å²) in [6.07, 6.45) is 1.82. The van der Waals surface area contributed by atoms with Gasteiger partial charge in [0.15, 0.2) is 0 Å². The number of fused-ring (bicyclic) bond motifs is 1. The van der Waals surface area contributed by atoms with Gasteiger partial charge in [-0.3, -0.25) is 4.31 Å². The average molecular weight is 438 g/mol. The molecule has 1 aliphatic rings. The van der Waals surface area contributed by atoms with Crippen LogP contribution in [-0.4, -0.2) is 28.4 Å². The van der Waals surface area contributed by atoms with E-state index in [9.17, 15) is 13.2 Å². The normalized spacial score (nSPS) is 15.4. The van der Waals surface area contributed by atoms with Crippen LogP contribution in [0.5, 0.6) is 17.2 Å². The molecular formula is C24H23NO5S. The third-order valence-electron chi connectivity index (χ3n) is 5.35.